The summed E-state index contributed by atoms with van der Waals surface area (Å²) in [6, 6.07) is 12.3. The monoisotopic (exact) mass is 460 g/mol. The van der Waals surface area contributed by atoms with Gasteiger partial charge in [-0.25, -0.2) is 8.42 Å². The minimum Gasteiger partial charge on any atom is -0.495 e. The second kappa shape index (κ2) is 11.3. The molecule has 1 saturated heterocycles. The minimum atomic E-state index is -3.62. The number of ether oxygens (including phenoxy) is 2. The Morgan fingerprint density at radius 2 is 1.72 bits per heavy atom. The van der Waals surface area contributed by atoms with Gasteiger partial charge in [0.05, 0.1) is 24.3 Å². The van der Waals surface area contributed by atoms with E-state index in [1.54, 1.807) is 6.07 Å². The second-order valence-corrected chi connectivity index (χ2v) is 9.93. The van der Waals surface area contributed by atoms with E-state index in [0.717, 1.165) is 37.0 Å². The summed E-state index contributed by atoms with van der Waals surface area (Å²) in [4.78, 5) is 12.6. The molecule has 32 heavy (non-hydrogen) atoms. The molecule has 8 heteroatoms. The molecule has 1 N–H and O–H groups in total. The summed E-state index contributed by atoms with van der Waals surface area (Å²) in [5.74, 6) is 0.966. The Kier molecular flexibility index (Phi) is 8.53. The van der Waals surface area contributed by atoms with Gasteiger partial charge in [0, 0.05) is 19.5 Å². The van der Waals surface area contributed by atoms with Gasteiger partial charge in [-0.15, -0.1) is 0 Å². The molecule has 0 radical (unpaired) electrons. The molecule has 7 nitrogen and oxygen atoms in total. The van der Waals surface area contributed by atoms with E-state index >= 15 is 0 Å². The fraction of sp³-hybridized carbons (Fsp3) is 0.458. The van der Waals surface area contributed by atoms with Gasteiger partial charge in [-0.3, -0.25) is 4.79 Å². The van der Waals surface area contributed by atoms with Crippen LogP contribution in [0.5, 0.6) is 11.5 Å². The van der Waals surface area contributed by atoms with E-state index in [2.05, 4.69) is 5.32 Å². The normalized spacial score (nSPS) is 15.1. The summed E-state index contributed by atoms with van der Waals surface area (Å²) in [7, 11) is -2.13. The molecule has 0 saturated carbocycles. The van der Waals surface area contributed by atoms with Crippen molar-refractivity contribution in [2.75, 3.05) is 32.1 Å². The minimum absolute atomic E-state index is 0.165. The Morgan fingerprint density at radius 3 is 2.38 bits per heavy atom. The molecule has 174 valence electrons. The molecule has 0 aromatic heterocycles. The number of methoxy groups -OCH3 is 1. The van der Waals surface area contributed by atoms with E-state index in [-0.39, 0.29) is 17.2 Å². The van der Waals surface area contributed by atoms with E-state index in [0.29, 0.717) is 37.6 Å². The fourth-order valence-electron chi connectivity index (χ4n) is 3.65. The molecule has 1 amide bonds. The van der Waals surface area contributed by atoms with Crippen molar-refractivity contribution >= 4 is 21.6 Å². The van der Waals surface area contributed by atoms with Crippen LogP contribution < -0.4 is 14.8 Å². The van der Waals surface area contributed by atoms with E-state index < -0.39 is 10.0 Å². The molecule has 0 bridgehead atoms. The number of aryl methyl sites for hydroxylation is 1. The molecule has 2 aromatic carbocycles. The molecule has 1 fully saturated rings. The number of hydrogen-bond donors (Lipinski definition) is 1. The third kappa shape index (κ3) is 6.46. The molecule has 0 unspecified atom stereocenters. The van der Waals surface area contributed by atoms with Gasteiger partial charge in [-0.1, -0.05) is 30.5 Å². The van der Waals surface area contributed by atoms with Crippen LogP contribution in [0.1, 0.15) is 44.1 Å². The molecule has 0 atom stereocenters. The maximum atomic E-state index is 13.1. The summed E-state index contributed by atoms with van der Waals surface area (Å²) in [6.07, 6.45) is 4.60. The third-order valence-corrected chi connectivity index (χ3v) is 7.38. The lowest BCUT2D eigenvalue weighted by Crippen LogP contribution is -2.32. The summed E-state index contributed by atoms with van der Waals surface area (Å²) in [5, 5.41) is 2.79. The van der Waals surface area contributed by atoms with Crippen LogP contribution >= 0.6 is 0 Å². The number of sulfonamides is 1. The Bertz CT molecular complexity index is 998. The van der Waals surface area contributed by atoms with Gasteiger partial charge in [0.15, 0.2) is 0 Å². The topological polar surface area (TPSA) is 84.9 Å². The molecule has 2 aromatic rings. The first-order chi connectivity index (χ1) is 15.4. The Hall–Kier alpha value is -2.58. The maximum absolute atomic E-state index is 13.1. The van der Waals surface area contributed by atoms with Crippen LogP contribution in [0.15, 0.2) is 47.4 Å². The Labute approximate surface area is 190 Å². The average Bonchev–Trinajstić information content (AvgIpc) is 3.08. The van der Waals surface area contributed by atoms with Crippen molar-refractivity contribution in [2.45, 2.75) is 50.3 Å². The van der Waals surface area contributed by atoms with Crippen molar-refractivity contribution in [3.63, 3.8) is 0 Å². The van der Waals surface area contributed by atoms with Gasteiger partial charge in [0.2, 0.25) is 15.9 Å². The van der Waals surface area contributed by atoms with Crippen molar-refractivity contribution in [2.24, 2.45) is 0 Å². The first-order valence-corrected chi connectivity index (χ1v) is 12.5. The highest BCUT2D eigenvalue weighted by Gasteiger charge is 2.26. The van der Waals surface area contributed by atoms with Crippen LogP contribution in [0.4, 0.5) is 5.69 Å². The zero-order valence-electron chi connectivity index (χ0n) is 18.8. The summed E-state index contributed by atoms with van der Waals surface area (Å²) in [6.45, 7) is 3.47. The zero-order valence-corrected chi connectivity index (χ0v) is 19.6. The van der Waals surface area contributed by atoms with Crippen LogP contribution in [-0.4, -0.2) is 45.4 Å². The average molecular weight is 461 g/mol. The fourth-order valence-corrected chi connectivity index (χ4v) is 5.19. The molecule has 1 aliphatic rings. The highest BCUT2D eigenvalue weighted by Crippen LogP contribution is 2.30. The molecule has 1 heterocycles. The number of anilines is 1. The molecule has 0 spiro atoms. The van der Waals surface area contributed by atoms with Crippen molar-refractivity contribution in [3.05, 3.63) is 48.0 Å². The van der Waals surface area contributed by atoms with Gasteiger partial charge in [0.1, 0.15) is 11.5 Å². The predicted molar refractivity (Wildman–Crippen MR) is 125 cm³/mol. The largest absolute Gasteiger partial charge is 0.495 e. The quantitative estimate of drug-likeness (QED) is 0.562. The summed E-state index contributed by atoms with van der Waals surface area (Å²) in [5.41, 5.74) is 1.51. The zero-order chi connectivity index (χ0) is 23.0. The highest BCUT2D eigenvalue weighted by atomic mass is 32.2. The molecular formula is C24H32N2O5S. The van der Waals surface area contributed by atoms with Crippen molar-refractivity contribution in [1.82, 2.24) is 4.31 Å². The van der Waals surface area contributed by atoms with E-state index in [4.69, 9.17) is 9.47 Å². The number of carbonyl (C=O) groups excluding carboxylic acids is 1. The van der Waals surface area contributed by atoms with Crippen molar-refractivity contribution in [3.8, 4) is 11.5 Å². The van der Waals surface area contributed by atoms with Crippen LogP contribution in [0.25, 0.3) is 0 Å². The van der Waals surface area contributed by atoms with Crippen molar-refractivity contribution in [1.29, 1.82) is 0 Å². The first kappa shape index (κ1) is 24.1. The Balaban J connectivity index is 1.60. The maximum Gasteiger partial charge on any atom is 0.243 e. The third-order valence-electron chi connectivity index (χ3n) is 5.49. The van der Waals surface area contributed by atoms with Gasteiger partial charge < -0.3 is 14.8 Å². The standard InChI is InChI=1S/C24H32N2O5S/c1-19-9-11-20(12-10-19)31-17-7-8-24(27)25-22-18-21(13-14-23(22)30-2)32(28,29)26-15-5-3-4-6-16-26/h9-14,18H,3-8,15-17H2,1-2H3,(H,25,27). The van der Waals surface area contributed by atoms with Gasteiger partial charge in [-0.05, 0) is 56.5 Å². The molecule has 3 rings (SSSR count). The number of nitrogens with zero attached hydrogens (tertiary/aromatic N) is 1. The lowest BCUT2D eigenvalue weighted by atomic mass is 10.2. The van der Waals surface area contributed by atoms with Gasteiger partial charge >= 0.3 is 0 Å². The van der Waals surface area contributed by atoms with Crippen LogP contribution in [0, 0.1) is 6.92 Å². The van der Waals surface area contributed by atoms with Crippen LogP contribution in [0.3, 0.4) is 0 Å². The number of nitrogens with one attached hydrogen (secondary N) is 1. The van der Waals surface area contributed by atoms with Crippen LogP contribution in [0.2, 0.25) is 0 Å². The summed E-state index contributed by atoms with van der Waals surface area (Å²) < 4.78 is 38.7. The SMILES string of the molecule is COc1ccc(S(=O)(=O)N2CCCCCC2)cc1NC(=O)CCCOc1ccc(C)cc1. The van der Waals surface area contributed by atoms with Crippen LogP contribution in [-0.2, 0) is 14.8 Å². The lowest BCUT2D eigenvalue weighted by Gasteiger charge is -2.21. The van der Waals surface area contributed by atoms with E-state index in [1.807, 2.05) is 31.2 Å². The van der Waals surface area contributed by atoms with Gasteiger partial charge in [-0.2, -0.15) is 4.31 Å². The van der Waals surface area contributed by atoms with Crippen molar-refractivity contribution < 1.29 is 22.7 Å². The lowest BCUT2D eigenvalue weighted by molar-refractivity contribution is -0.116. The smallest absolute Gasteiger partial charge is 0.243 e. The number of amides is 1. The first-order valence-electron chi connectivity index (χ1n) is 11.1. The number of rotatable bonds is 9. The second-order valence-electron chi connectivity index (χ2n) is 7.99. The van der Waals surface area contributed by atoms with E-state index in [9.17, 15) is 13.2 Å². The number of benzene rings is 2. The predicted octanol–water partition coefficient (Wildman–Crippen LogP) is 4.37. The Morgan fingerprint density at radius 1 is 1.03 bits per heavy atom. The van der Waals surface area contributed by atoms with Gasteiger partial charge in [0.25, 0.3) is 0 Å². The summed E-state index contributed by atoms with van der Waals surface area (Å²) >= 11 is 0. The highest BCUT2D eigenvalue weighted by molar-refractivity contribution is 7.89. The molecular weight excluding hydrogens is 428 g/mol. The number of hydrogen-bond acceptors (Lipinski definition) is 5. The van der Waals surface area contributed by atoms with E-state index in [1.165, 1.54) is 23.5 Å². The molecule has 0 aliphatic carbocycles. The molecule has 1 aliphatic heterocycles. The number of carbonyl (C=O) groups is 1.